The first-order valence-corrected chi connectivity index (χ1v) is 9.60. The highest BCUT2D eigenvalue weighted by atomic mass is 19.1. The average Bonchev–Trinajstić information content (AvgIpc) is 3.48. The van der Waals surface area contributed by atoms with Crippen molar-refractivity contribution >= 4 is 10.9 Å². The van der Waals surface area contributed by atoms with E-state index in [2.05, 4.69) is 15.1 Å². The summed E-state index contributed by atoms with van der Waals surface area (Å²) in [4.78, 5) is 8.39. The molecule has 0 radical (unpaired) electrons. The predicted molar refractivity (Wildman–Crippen MR) is 107 cm³/mol. The number of methoxy groups -OCH3 is 1. The summed E-state index contributed by atoms with van der Waals surface area (Å²) < 4.78 is 27.6. The van der Waals surface area contributed by atoms with Crippen LogP contribution in [0, 0.1) is 12.9 Å². The van der Waals surface area contributed by atoms with E-state index < -0.39 is 5.95 Å². The average molecular weight is 409 g/mol. The number of aryl methyl sites for hydroxylation is 1. The van der Waals surface area contributed by atoms with E-state index in [4.69, 9.17) is 9.47 Å². The third kappa shape index (κ3) is 2.98. The van der Waals surface area contributed by atoms with Gasteiger partial charge < -0.3 is 14.6 Å². The zero-order valence-corrected chi connectivity index (χ0v) is 16.5. The molecule has 4 aromatic rings. The Morgan fingerprint density at radius 2 is 2.20 bits per heavy atom. The van der Waals surface area contributed by atoms with Crippen LogP contribution in [0.15, 0.2) is 36.8 Å². The fraction of sp³-hybridized carbons (Fsp3) is 0.286. The van der Waals surface area contributed by atoms with Gasteiger partial charge >= 0.3 is 0 Å². The summed E-state index contributed by atoms with van der Waals surface area (Å²) in [6.45, 7) is 3.26. The smallest absolute Gasteiger partial charge is 0.255 e. The molecule has 0 spiro atoms. The number of rotatable bonds is 4. The molecule has 154 valence electrons. The number of aromatic hydroxyl groups is 1. The second-order valence-corrected chi connectivity index (χ2v) is 7.30. The summed E-state index contributed by atoms with van der Waals surface area (Å²) in [6.07, 6.45) is 5.96. The van der Waals surface area contributed by atoms with Crippen LogP contribution in [0.2, 0.25) is 0 Å². The van der Waals surface area contributed by atoms with E-state index in [9.17, 15) is 9.50 Å². The molecule has 0 amide bonds. The lowest BCUT2D eigenvalue weighted by Gasteiger charge is -2.07. The molecule has 5 rings (SSSR count). The van der Waals surface area contributed by atoms with Gasteiger partial charge in [0.15, 0.2) is 11.6 Å². The quantitative estimate of drug-likeness (QED) is 0.520. The minimum atomic E-state index is -0.675. The Morgan fingerprint density at radius 1 is 1.33 bits per heavy atom. The minimum absolute atomic E-state index is 0.0499. The third-order valence-electron chi connectivity index (χ3n) is 5.39. The fourth-order valence-electron chi connectivity index (χ4n) is 3.81. The van der Waals surface area contributed by atoms with Crippen molar-refractivity contribution in [2.45, 2.75) is 19.4 Å². The van der Waals surface area contributed by atoms with Crippen LogP contribution in [0.3, 0.4) is 0 Å². The standard InChI is InChI=1S/C21H20FN5O3/c1-12-7-15(13-8-17(29-2)20(22)23-9-13)24-16-10-26(21(28)19(12)16)18-3-5-27(25-18)14-4-6-30-11-14/h3,5,7-10,14,28H,4,6,11H2,1-2H3. The maximum absolute atomic E-state index is 13.7. The maximum atomic E-state index is 13.7. The Kier molecular flexibility index (Phi) is 4.39. The summed E-state index contributed by atoms with van der Waals surface area (Å²) in [6, 6.07) is 5.44. The second-order valence-electron chi connectivity index (χ2n) is 7.30. The normalized spacial score (nSPS) is 16.4. The van der Waals surface area contributed by atoms with Crippen molar-refractivity contribution in [1.29, 1.82) is 0 Å². The largest absolute Gasteiger partial charge is 0.494 e. The van der Waals surface area contributed by atoms with Crippen molar-refractivity contribution < 1.29 is 19.0 Å². The van der Waals surface area contributed by atoms with E-state index in [0.29, 0.717) is 34.6 Å². The zero-order valence-electron chi connectivity index (χ0n) is 16.5. The number of nitrogens with zero attached hydrogens (tertiary/aromatic N) is 5. The monoisotopic (exact) mass is 409 g/mol. The Morgan fingerprint density at radius 3 is 2.97 bits per heavy atom. The summed E-state index contributed by atoms with van der Waals surface area (Å²) >= 11 is 0. The predicted octanol–water partition coefficient (Wildman–Crippen LogP) is 3.41. The molecule has 0 aromatic carbocycles. The van der Waals surface area contributed by atoms with Crippen LogP contribution in [-0.4, -0.2) is 49.7 Å². The van der Waals surface area contributed by atoms with E-state index in [1.54, 1.807) is 16.8 Å². The highest BCUT2D eigenvalue weighted by molar-refractivity contribution is 5.90. The van der Waals surface area contributed by atoms with Crippen molar-refractivity contribution in [2.24, 2.45) is 0 Å². The molecule has 30 heavy (non-hydrogen) atoms. The van der Waals surface area contributed by atoms with Crippen molar-refractivity contribution in [3.05, 3.63) is 48.3 Å². The van der Waals surface area contributed by atoms with E-state index >= 15 is 0 Å². The Hall–Kier alpha value is -3.46. The van der Waals surface area contributed by atoms with Crippen LogP contribution in [0.5, 0.6) is 11.6 Å². The molecule has 0 bridgehead atoms. The number of hydrogen-bond donors (Lipinski definition) is 1. The van der Waals surface area contributed by atoms with Gasteiger partial charge in [-0.05, 0) is 31.0 Å². The summed E-state index contributed by atoms with van der Waals surface area (Å²) in [5.74, 6) is 0.0488. The summed E-state index contributed by atoms with van der Waals surface area (Å²) in [7, 11) is 1.39. The lowest BCUT2D eigenvalue weighted by molar-refractivity contribution is 0.184. The lowest BCUT2D eigenvalue weighted by atomic mass is 10.1. The molecular formula is C21H20FN5O3. The Labute approximate surface area is 171 Å². The number of halogens is 1. The number of hydrogen-bond acceptors (Lipinski definition) is 6. The highest BCUT2D eigenvalue weighted by Gasteiger charge is 2.21. The van der Waals surface area contributed by atoms with Gasteiger partial charge in [0.05, 0.1) is 36.4 Å². The molecule has 1 saturated heterocycles. The number of fused-ring (bicyclic) bond motifs is 1. The van der Waals surface area contributed by atoms with Crippen LogP contribution < -0.4 is 4.74 Å². The molecule has 4 aromatic heterocycles. The summed E-state index contributed by atoms with van der Waals surface area (Å²) in [5.41, 5.74) is 2.66. The number of pyridine rings is 2. The van der Waals surface area contributed by atoms with Crippen LogP contribution in [-0.2, 0) is 4.74 Å². The van der Waals surface area contributed by atoms with E-state index in [-0.39, 0.29) is 17.7 Å². The Bertz CT molecular complexity index is 1240. The molecule has 5 heterocycles. The molecule has 1 atom stereocenters. The molecule has 9 heteroatoms. The third-order valence-corrected chi connectivity index (χ3v) is 5.39. The SMILES string of the molecule is COc1cc(-c2cc(C)c3c(O)n(-c4ccn(C5CCOC5)n4)cc3n2)cnc1F. The van der Waals surface area contributed by atoms with E-state index in [1.165, 1.54) is 13.3 Å². The van der Waals surface area contributed by atoms with Crippen LogP contribution in [0.4, 0.5) is 4.39 Å². The van der Waals surface area contributed by atoms with Gasteiger partial charge in [0.1, 0.15) is 0 Å². The molecule has 1 aliphatic rings. The molecular weight excluding hydrogens is 389 g/mol. The van der Waals surface area contributed by atoms with Gasteiger partial charge in [-0.25, -0.2) is 9.97 Å². The molecule has 8 nitrogen and oxygen atoms in total. The highest BCUT2D eigenvalue weighted by Crippen LogP contribution is 2.34. The fourth-order valence-corrected chi connectivity index (χ4v) is 3.81. The van der Waals surface area contributed by atoms with Gasteiger partial charge in [0.25, 0.3) is 5.95 Å². The van der Waals surface area contributed by atoms with Crippen LogP contribution in [0.25, 0.3) is 28.0 Å². The first-order valence-electron chi connectivity index (χ1n) is 9.60. The van der Waals surface area contributed by atoms with Gasteiger partial charge in [-0.2, -0.15) is 9.49 Å². The lowest BCUT2D eigenvalue weighted by Crippen LogP contribution is -2.09. The van der Waals surface area contributed by atoms with Crippen LogP contribution >= 0.6 is 0 Å². The number of ether oxygens (including phenoxy) is 2. The minimum Gasteiger partial charge on any atom is -0.494 e. The van der Waals surface area contributed by atoms with Gasteiger partial charge in [0.2, 0.25) is 5.88 Å². The first kappa shape index (κ1) is 18.6. The molecule has 0 aliphatic carbocycles. The first-order chi connectivity index (χ1) is 14.5. The van der Waals surface area contributed by atoms with Gasteiger partial charge in [0, 0.05) is 36.8 Å². The van der Waals surface area contributed by atoms with Crippen molar-refractivity contribution in [2.75, 3.05) is 20.3 Å². The van der Waals surface area contributed by atoms with Gasteiger partial charge in [-0.15, -0.1) is 0 Å². The van der Waals surface area contributed by atoms with Gasteiger partial charge in [-0.3, -0.25) is 9.25 Å². The summed E-state index contributed by atoms with van der Waals surface area (Å²) in [5, 5.41) is 16.1. The molecule has 0 saturated carbocycles. The topological polar surface area (TPSA) is 87.2 Å². The molecule has 1 unspecified atom stereocenters. The van der Waals surface area contributed by atoms with Crippen molar-refractivity contribution in [3.8, 4) is 28.7 Å². The molecule has 1 fully saturated rings. The van der Waals surface area contributed by atoms with Gasteiger partial charge in [-0.1, -0.05) is 0 Å². The van der Waals surface area contributed by atoms with Crippen LogP contribution in [0.1, 0.15) is 18.0 Å². The Balaban J connectivity index is 1.58. The maximum Gasteiger partial charge on any atom is 0.255 e. The van der Waals surface area contributed by atoms with E-state index in [0.717, 1.165) is 18.6 Å². The second kappa shape index (κ2) is 7.10. The molecule has 1 N–H and O–H groups in total. The van der Waals surface area contributed by atoms with E-state index in [1.807, 2.05) is 29.9 Å². The number of aromatic nitrogens is 5. The van der Waals surface area contributed by atoms with Crippen molar-refractivity contribution in [1.82, 2.24) is 24.3 Å². The zero-order chi connectivity index (χ0) is 20.8. The molecule has 1 aliphatic heterocycles. The van der Waals surface area contributed by atoms with Crippen molar-refractivity contribution in [3.63, 3.8) is 0 Å².